The molecule has 0 fully saturated rings. The third kappa shape index (κ3) is 8.38. The average Bonchev–Trinajstić information content (AvgIpc) is 3.46. The van der Waals surface area contributed by atoms with Gasteiger partial charge >= 0.3 is 0 Å². The van der Waals surface area contributed by atoms with Gasteiger partial charge in [-0.1, -0.05) is 106 Å². The number of rotatable bonds is 7. The summed E-state index contributed by atoms with van der Waals surface area (Å²) in [6, 6.07) is 38.4. The number of benzene rings is 4. The van der Waals surface area contributed by atoms with E-state index in [1.807, 2.05) is 48.7 Å². The van der Waals surface area contributed by atoms with E-state index in [0.717, 1.165) is 39.2 Å². The number of fused-ring (bicyclic) bond motifs is 3. The SMILES string of the molecule is CC(C)Cc1cc(-c2[c-]cccc2)ncc1[Si](C)(C)C.CC(C)c1ccnc(-c2[c-]ccc3c2sc2cc(-c4ccccc4F)ccc23)c1.[Ir]. The quantitative estimate of drug-likeness (QED) is 0.118. The molecule has 0 saturated heterocycles. The zero-order valence-corrected chi connectivity index (χ0v) is 34.0. The Hall–Kier alpha value is -3.80. The molecule has 0 aliphatic carbocycles. The molecule has 2 nitrogen and oxygen atoms in total. The van der Waals surface area contributed by atoms with Crippen LogP contribution in [0.15, 0.2) is 109 Å². The van der Waals surface area contributed by atoms with E-state index < -0.39 is 8.07 Å². The van der Waals surface area contributed by atoms with Crippen molar-refractivity contribution in [2.75, 3.05) is 0 Å². The third-order valence-corrected chi connectivity index (χ3v) is 12.0. The van der Waals surface area contributed by atoms with Crippen LogP contribution in [0.25, 0.3) is 53.8 Å². The molecule has 0 spiro atoms. The van der Waals surface area contributed by atoms with Gasteiger partial charge in [-0.2, -0.15) is 11.3 Å². The van der Waals surface area contributed by atoms with Crippen LogP contribution >= 0.6 is 11.3 Å². The zero-order chi connectivity index (χ0) is 34.7. The van der Waals surface area contributed by atoms with Crippen molar-refractivity contribution in [3.63, 3.8) is 0 Å². The van der Waals surface area contributed by atoms with Gasteiger partial charge in [-0.3, -0.25) is 0 Å². The Kier molecular flexibility index (Phi) is 12.0. The number of thiophene rings is 1. The summed E-state index contributed by atoms with van der Waals surface area (Å²) in [5, 5.41) is 3.86. The van der Waals surface area contributed by atoms with Crippen molar-refractivity contribution in [1.82, 2.24) is 9.97 Å². The van der Waals surface area contributed by atoms with Crippen LogP contribution in [0.1, 0.15) is 44.7 Å². The summed E-state index contributed by atoms with van der Waals surface area (Å²) in [5.41, 5.74) is 8.37. The summed E-state index contributed by atoms with van der Waals surface area (Å²) in [6.07, 6.45) is 5.11. The van der Waals surface area contributed by atoms with Crippen LogP contribution in [-0.4, -0.2) is 18.0 Å². The second-order valence-corrected chi connectivity index (χ2v) is 20.5. The summed E-state index contributed by atoms with van der Waals surface area (Å²) in [5.74, 6) is 0.915. The average molecular weight is 871 g/mol. The van der Waals surface area contributed by atoms with E-state index in [0.29, 0.717) is 17.4 Å². The predicted octanol–water partition coefficient (Wildman–Crippen LogP) is 12.1. The molecule has 3 heterocycles. The molecule has 0 atom stereocenters. The molecule has 0 N–H and O–H groups in total. The minimum atomic E-state index is -1.34. The van der Waals surface area contributed by atoms with Gasteiger partial charge in [0.1, 0.15) is 5.82 Å². The first kappa shape index (κ1) is 37.5. The summed E-state index contributed by atoms with van der Waals surface area (Å²) >= 11 is 1.72. The van der Waals surface area contributed by atoms with Crippen LogP contribution in [-0.2, 0) is 26.5 Å². The van der Waals surface area contributed by atoms with E-state index in [-0.39, 0.29) is 25.9 Å². The van der Waals surface area contributed by atoms with Crippen molar-refractivity contribution in [3.8, 4) is 33.6 Å². The Morgan fingerprint density at radius 2 is 1.56 bits per heavy atom. The molecule has 0 aliphatic heterocycles. The normalized spacial score (nSPS) is 11.5. The summed E-state index contributed by atoms with van der Waals surface area (Å²) in [7, 11) is -1.34. The van der Waals surface area contributed by atoms with Crippen LogP contribution in [0.4, 0.5) is 4.39 Å². The first-order chi connectivity index (χ1) is 23.5. The number of hydrogen-bond acceptors (Lipinski definition) is 3. The molecule has 50 heavy (non-hydrogen) atoms. The molecule has 0 saturated carbocycles. The van der Waals surface area contributed by atoms with Crippen LogP contribution in [0.5, 0.6) is 0 Å². The summed E-state index contributed by atoms with van der Waals surface area (Å²) in [4.78, 5) is 9.30. The molecule has 3 aromatic heterocycles. The van der Waals surface area contributed by atoms with Gasteiger partial charge in [-0.05, 0) is 68.7 Å². The van der Waals surface area contributed by atoms with Gasteiger partial charge in [0, 0.05) is 42.8 Å². The second-order valence-electron chi connectivity index (χ2n) is 14.4. The van der Waals surface area contributed by atoms with Crippen molar-refractivity contribution in [2.24, 2.45) is 5.92 Å². The molecule has 4 aromatic carbocycles. The van der Waals surface area contributed by atoms with Gasteiger partial charge in [0.05, 0.1) is 8.07 Å². The smallest absolute Gasteiger partial charge is 0.131 e. The van der Waals surface area contributed by atoms with E-state index in [1.54, 1.807) is 17.4 Å². The van der Waals surface area contributed by atoms with Crippen molar-refractivity contribution in [1.29, 1.82) is 0 Å². The first-order valence-electron chi connectivity index (χ1n) is 17.0. The zero-order valence-electron chi connectivity index (χ0n) is 29.8. The van der Waals surface area contributed by atoms with Gasteiger partial charge in [-0.15, -0.1) is 59.7 Å². The van der Waals surface area contributed by atoms with E-state index in [4.69, 9.17) is 0 Å². The standard InChI is InChI=1S/C26H19FNS.C18H24NSi.Ir/c1-16(2)17-12-13-28-24(14-17)22-8-5-7-21-20-11-10-18(15-25(20)29-26(21)22)19-6-3-4-9-23(19)27;1-14(2)11-16-12-17(15-9-7-6-8-10-15)19-13-18(16)20(3,4)5;/h3-7,9-16H,1-2H3;6-9,12-14H,11H2,1-5H3;/q2*-1;. The van der Waals surface area contributed by atoms with Gasteiger partial charge < -0.3 is 9.97 Å². The molecule has 0 bridgehead atoms. The minimum Gasteiger partial charge on any atom is -0.305 e. The van der Waals surface area contributed by atoms with Crippen LogP contribution in [0, 0.1) is 23.9 Å². The molecule has 6 heteroatoms. The maximum absolute atomic E-state index is 14.3. The largest absolute Gasteiger partial charge is 0.305 e. The molecule has 0 amide bonds. The van der Waals surface area contributed by atoms with Gasteiger partial charge in [0.2, 0.25) is 0 Å². The number of pyridine rings is 2. The Morgan fingerprint density at radius 3 is 2.26 bits per heavy atom. The third-order valence-electron chi connectivity index (χ3n) is 8.74. The van der Waals surface area contributed by atoms with Crippen LogP contribution in [0.2, 0.25) is 19.6 Å². The van der Waals surface area contributed by atoms with Crippen molar-refractivity contribution < 1.29 is 24.5 Å². The van der Waals surface area contributed by atoms with Crippen molar-refractivity contribution >= 4 is 44.8 Å². The molecule has 7 rings (SSSR count). The summed E-state index contributed by atoms with van der Waals surface area (Å²) in [6.45, 7) is 16.1. The number of hydrogen-bond donors (Lipinski definition) is 0. The monoisotopic (exact) mass is 871 g/mol. The maximum Gasteiger partial charge on any atom is 0.131 e. The Morgan fingerprint density at radius 1 is 0.780 bits per heavy atom. The number of halogens is 1. The van der Waals surface area contributed by atoms with Gasteiger partial charge in [0.15, 0.2) is 0 Å². The fourth-order valence-corrected chi connectivity index (χ4v) is 9.06. The van der Waals surface area contributed by atoms with Crippen LogP contribution < -0.4 is 5.19 Å². The fourth-order valence-electron chi connectivity index (χ4n) is 6.22. The maximum atomic E-state index is 14.3. The van der Waals surface area contributed by atoms with Crippen molar-refractivity contribution in [3.05, 3.63) is 139 Å². The van der Waals surface area contributed by atoms with Gasteiger partial charge in [0.25, 0.3) is 0 Å². The van der Waals surface area contributed by atoms with Crippen molar-refractivity contribution in [2.45, 2.75) is 59.7 Å². The summed E-state index contributed by atoms with van der Waals surface area (Å²) < 4.78 is 16.6. The van der Waals surface area contributed by atoms with E-state index in [9.17, 15) is 4.39 Å². The molecule has 0 unspecified atom stereocenters. The van der Waals surface area contributed by atoms with E-state index in [2.05, 4.69) is 118 Å². The van der Waals surface area contributed by atoms with Gasteiger partial charge in [-0.25, -0.2) is 4.39 Å². The van der Waals surface area contributed by atoms with E-state index >= 15 is 0 Å². The topological polar surface area (TPSA) is 25.8 Å². The molecule has 257 valence electrons. The molecular weight excluding hydrogens is 828 g/mol. The first-order valence-corrected chi connectivity index (χ1v) is 21.4. The number of nitrogens with zero attached hydrogens (tertiary/aromatic N) is 2. The van der Waals surface area contributed by atoms with E-state index in [1.165, 1.54) is 37.9 Å². The Labute approximate surface area is 315 Å². The molecule has 0 aliphatic rings. The molecular formula is C44H43FIrN2SSi-2. The Bertz CT molecular complexity index is 2220. The Balaban J connectivity index is 0.000000204. The number of aromatic nitrogens is 2. The molecule has 1 radical (unpaired) electrons. The van der Waals surface area contributed by atoms with Crippen LogP contribution in [0.3, 0.4) is 0 Å². The second kappa shape index (κ2) is 16.0. The fraction of sp³-hybridized carbons (Fsp3) is 0.227. The predicted molar refractivity (Wildman–Crippen MR) is 211 cm³/mol. The minimum absolute atomic E-state index is 0. The molecule has 7 aromatic rings.